The summed E-state index contributed by atoms with van der Waals surface area (Å²) in [5.74, 6) is 0. The van der Waals surface area contributed by atoms with Gasteiger partial charge in [-0.05, 0) is 25.8 Å². The van der Waals surface area contributed by atoms with Crippen molar-refractivity contribution < 1.29 is 13.2 Å². The molecule has 2 atom stereocenters. The molecule has 2 unspecified atom stereocenters. The van der Waals surface area contributed by atoms with Gasteiger partial charge in [0, 0.05) is 12.6 Å². The molecule has 0 radical (unpaired) electrons. The Bertz CT molecular complexity index is 181. The number of nitrogens with zero attached hydrogens (tertiary/aromatic N) is 1. The Morgan fingerprint density at radius 2 is 2.00 bits per heavy atom. The van der Waals surface area contributed by atoms with Gasteiger partial charge in [-0.15, -0.1) is 0 Å². The zero-order valence-electron chi connectivity index (χ0n) is 8.35. The first kappa shape index (κ1) is 11.8. The van der Waals surface area contributed by atoms with Crippen molar-refractivity contribution in [1.82, 2.24) is 4.90 Å². The van der Waals surface area contributed by atoms with Crippen LogP contribution < -0.4 is 5.73 Å². The van der Waals surface area contributed by atoms with E-state index in [1.54, 1.807) is 0 Å². The molecule has 1 saturated heterocycles. The standard InChI is InChI=1S/C9H17F3N2/c1-2-5-14-6-7(13)3-4-8(14)9(10,11)12/h7-8H,2-6,13H2,1H3. The second-order valence-electron chi connectivity index (χ2n) is 3.89. The average Bonchev–Trinajstić information content (AvgIpc) is 2.02. The van der Waals surface area contributed by atoms with Gasteiger partial charge in [-0.2, -0.15) is 13.2 Å². The Morgan fingerprint density at radius 3 is 2.50 bits per heavy atom. The largest absolute Gasteiger partial charge is 0.404 e. The molecule has 0 amide bonds. The first-order valence-electron chi connectivity index (χ1n) is 5.01. The molecule has 2 N–H and O–H groups in total. The second kappa shape index (κ2) is 4.49. The summed E-state index contributed by atoms with van der Waals surface area (Å²) in [6.07, 6.45) is -2.75. The maximum atomic E-state index is 12.6. The van der Waals surface area contributed by atoms with E-state index in [1.165, 1.54) is 4.90 Å². The maximum Gasteiger partial charge on any atom is 0.404 e. The molecule has 1 aliphatic heterocycles. The first-order valence-corrected chi connectivity index (χ1v) is 5.01. The molecular weight excluding hydrogens is 193 g/mol. The summed E-state index contributed by atoms with van der Waals surface area (Å²) in [4.78, 5) is 1.47. The maximum absolute atomic E-state index is 12.6. The van der Waals surface area contributed by atoms with E-state index < -0.39 is 12.2 Å². The minimum atomic E-state index is -4.10. The van der Waals surface area contributed by atoms with Crippen LogP contribution in [0.2, 0.25) is 0 Å². The van der Waals surface area contributed by atoms with Gasteiger partial charge in [-0.3, -0.25) is 4.90 Å². The van der Waals surface area contributed by atoms with Crippen LogP contribution in [-0.4, -0.2) is 36.2 Å². The van der Waals surface area contributed by atoms with Crippen LogP contribution in [-0.2, 0) is 0 Å². The molecule has 0 saturated carbocycles. The fraction of sp³-hybridized carbons (Fsp3) is 1.00. The normalized spacial score (nSPS) is 30.6. The minimum Gasteiger partial charge on any atom is -0.327 e. The molecule has 1 rings (SSSR count). The Hall–Kier alpha value is -0.290. The third-order valence-corrected chi connectivity index (χ3v) is 2.61. The zero-order valence-corrected chi connectivity index (χ0v) is 8.35. The predicted molar refractivity (Wildman–Crippen MR) is 48.9 cm³/mol. The van der Waals surface area contributed by atoms with Gasteiger partial charge < -0.3 is 5.73 Å². The van der Waals surface area contributed by atoms with E-state index in [2.05, 4.69) is 0 Å². The summed E-state index contributed by atoms with van der Waals surface area (Å²) in [6, 6.07) is -1.37. The van der Waals surface area contributed by atoms with Crippen LogP contribution in [0, 0.1) is 0 Å². The fourth-order valence-corrected chi connectivity index (χ4v) is 1.98. The monoisotopic (exact) mass is 210 g/mol. The molecule has 0 aromatic heterocycles. The van der Waals surface area contributed by atoms with E-state index in [0.29, 0.717) is 19.5 Å². The van der Waals surface area contributed by atoms with Crippen LogP contribution in [0.3, 0.4) is 0 Å². The summed E-state index contributed by atoms with van der Waals surface area (Å²) in [7, 11) is 0. The van der Waals surface area contributed by atoms with Gasteiger partial charge in [0.05, 0.1) is 0 Å². The fourth-order valence-electron chi connectivity index (χ4n) is 1.98. The van der Waals surface area contributed by atoms with Crippen LogP contribution >= 0.6 is 0 Å². The Labute approximate surface area is 82.2 Å². The van der Waals surface area contributed by atoms with E-state index in [0.717, 1.165) is 6.42 Å². The van der Waals surface area contributed by atoms with Gasteiger partial charge in [0.2, 0.25) is 0 Å². The van der Waals surface area contributed by atoms with Crippen molar-refractivity contribution >= 4 is 0 Å². The summed E-state index contributed by atoms with van der Waals surface area (Å²) in [5.41, 5.74) is 5.65. The van der Waals surface area contributed by atoms with Crippen molar-refractivity contribution in [3.63, 3.8) is 0 Å². The van der Waals surface area contributed by atoms with Gasteiger partial charge in [-0.25, -0.2) is 0 Å². The van der Waals surface area contributed by atoms with Crippen molar-refractivity contribution in [3.8, 4) is 0 Å². The molecular formula is C9H17F3N2. The summed E-state index contributed by atoms with van der Waals surface area (Å²) < 4.78 is 37.7. The molecule has 0 spiro atoms. The number of piperidine rings is 1. The lowest BCUT2D eigenvalue weighted by Crippen LogP contribution is -2.54. The van der Waals surface area contributed by atoms with Crippen molar-refractivity contribution in [2.75, 3.05) is 13.1 Å². The summed E-state index contributed by atoms with van der Waals surface area (Å²) >= 11 is 0. The van der Waals surface area contributed by atoms with E-state index in [4.69, 9.17) is 5.73 Å². The van der Waals surface area contributed by atoms with Crippen LogP contribution in [0.25, 0.3) is 0 Å². The molecule has 0 bridgehead atoms. The lowest BCUT2D eigenvalue weighted by Gasteiger charge is -2.39. The molecule has 1 fully saturated rings. The van der Waals surface area contributed by atoms with Gasteiger partial charge in [0.1, 0.15) is 6.04 Å². The number of nitrogens with two attached hydrogens (primary N) is 1. The van der Waals surface area contributed by atoms with Crippen LogP contribution in [0.4, 0.5) is 13.2 Å². The van der Waals surface area contributed by atoms with Gasteiger partial charge in [0.25, 0.3) is 0 Å². The van der Waals surface area contributed by atoms with E-state index >= 15 is 0 Å². The summed E-state index contributed by atoms with van der Waals surface area (Å²) in [6.45, 7) is 2.74. The van der Waals surface area contributed by atoms with Crippen LogP contribution in [0.15, 0.2) is 0 Å². The van der Waals surface area contributed by atoms with Crippen molar-refractivity contribution in [2.24, 2.45) is 5.73 Å². The number of halogens is 3. The molecule has 0 aliphatic carbocycles. The lowest BCUT2D eigenvalue weighted by molar-refractivity contribution is -0.192. The van der Waals surface area contributed by atoms with E-state index in [9.17, 15) is 13.2 Å². The average molecular weight is 210 g/mol. The SMILES string of the molecule is CCCN1CC(N)CCC1C(F)(F)F. The highest BCUT2D eigenvalue weighted by atomic mass is 19.4. The van der Waals surface area contributed by atoms with Gasteiger partial charge in [0.15, 0.2) is 0 Å². The van der Waals surface area contributed by atoms with Crippen LogP contribution in [0.5, 0.6) is 0 Å². The van der Waals surface area contributed by atoms with Gasteiger partial charge >= 0.3 is 6.18 Å². The molecule has 5 heteroatoms. The van der Waals surface area contributed by atoms with Crippen molar-refractivity contribution in [2.45, 2.75) is 44.4 Å². The Kier molecular flexibility index (Phi) is 3.78. The molecule has 84 valence electrons. The van der Waals surface area contributed by atoms with Crippen molar-refractivity contribution in [1.29, 1.82) is 0 Å². The molecule has 0 aromatic carbocycles. The molecule has 1 aliphatic rings. The van der Waals surface area contributed by atoms with E-state index in [1.807, 2.05) is 6.92 Å². The smallest absolute Gasteiger partial charge is 0.327 e. The third-order valence-electron chi connectivity index (χ3n) is 2.61. The topological polar surface area (TPSA) is 29.3 Å². The second-order valence-corrected chi connectivity index (χ2v) is 3.89. The number of hydrogen-bond donors (Lipinski definition) is 1. The quantitative estimate of drug-likeness (QED) is 0.752. The highest BCUT2D eigenvalue weighted by Gasteiger charge is 2.45. The predicted octanol–water partition coefficient (Wildman–Crippen LogP) is 1.75. The van der Waals surface area contributed by atoms with Gasteiger partial charge in [-0.1, -0.05) is 6.92 Å². The summed E-state index contributed by atoms with van der Waals surface area (Å²) in [5, 5.41) is 0. The third kappa shape index (κ3) is 2.85. The Balaban J connectivity index is 2.62. The highest BCUT2D eigenvalue weighted by Crippen LogP contribution is 2.31. The molecule has 2 nitrogen and oxygen atoms in total. The molecule has 14 heavy (non-hydrogen) atoms. The number of hydrogen-bond acceptors (Lipinski definition) is 2. The number of alkyl halides is 3. The Morgan fingerprint density at radius 1 is 1.36 bits per heavy atom. The minimum absolute atomic E-state index is 0.0971. The van der Waals surface area contributed by atoms with Crippen LogP contribution in [0.1, 0.15) is 26.2 Å². The van der Waals surface area contributed by atoms with E-state index in [-0.39, 0.29) is 12.5 Å². The number of likely N-dealkylation sites (tertiary alicyclic amines) is 1. The highest BCUT2D eigenvalue weighted by molar-refractivity contribution is 4.87. The molecule has 0 aromatic rings. The zero-order chi connectivity index (χ0) is 10.8. The lowest BCUT2D eigenvalue weighted by atomic mass is 9.98. The molecule has 1 heterocycles. The van der Waals surface area contributed by atoms with Crippen molar-refractivity contribution in [3.05, 3.63) is 0 Å². The number of rotatable bonds is 2. The first-order chi connectivity index (χ1) is 6.45.